The topological polar surface area (TPSA) is 63.2 Å². The molecule has 0 aliphatic carbocycles. The standard InChI is InChI=1S/C42H34BrCl2N3O3S/c1-50-37-19-25(18-35(43)40(37)51-24-28-12-13-29(44)21-36(28)45)20-38-41(49)47-42(52-38)46-30-22-33-31(26-8-4-2-5-9-26)14-16-48-17-15-32(34(23-30)39(33)48)27-10-6-3-7-11-27/h2-13,18-23,31-32H,14-17,24H2,1H3,(H,46,47,49)/b38-20-/t31-,32-/m0/s1. The molecule has 262 valence electrons. The van der Waals surface area contributed by atoms with Gasteiger partial charge in [0.15, 0.2) is 16.7 Å². The number of benzene rings is 5. The minimum absolute atomic E-state index is 0.202. The van der Waals surface area contributed by atoms with Crippen LogP contribution in [0.1, 0.15) is 58.1 Å². The number of hydrogen-bond donors (Lipinski definition) is 1. The SMILES string of the molecule is COc1cc(/C=C2\SC(=Nc3cc4c5c(c3)[C@H](c3ccccc3)CCN5CC[C@H]4c3ccccc3)NC2=O)cc(Br)c1OCc1ccc(Cl)cc1Cl. The molecule has 1 N–H and O–H groups in total. The molecule has 0 bridgehead atoms. The van der Waals surface area contributed by atoms with Gasteiger partial charge in [-0.15, -0.1) is 0 Å². The second-order valence-electron chi connectivity index (χ2n) is 13.0. The van der Waals surface area contributed by atoms with Crippen LogP contribution in [-0.4, -0.2) is 31.3 Å². The number of methoxy groups -OCH3 is 1. The summed E-state index contributed by atoms with van der Waals surface area (Å²) in [5.74, 6) is 1.38. The molecule has 0 unspecified atom stereocenters. The number of ether oxygens (including phenoxy) is 2. The van der Waals surface area contributed by atoms with Crippen LogP contribution in [0.25, 0.3) is 6.08 Å². The van der Waals surface area contributed by atoms with E-state index in [2.05, 4.69) is 98.9 Å². The van der Waals surface area contributed by atoms with Crippen LogP contribution < -0.4 is 19.7 Å². The lowest BCUT2D eigenvalue weighted by Gasteiger charge is -2.43. The van der Waals surface area contributed by atoms with Crippen molar-refractivity contribution in [3.8, 4) is 11.5 Å². The normalized spacial score (nSPS) is 19.5. The minimum atomic E-state index is -0.202. The maximum absolute atomic E-state index is 13.3. The fourth-order valence-corrected chi connectivity index (χ4v) is 9.28. The van der Waals surface area contributed by atoms with Crippen molar-refractivity contribution in [1.82, 2.24) is 5.32 Å². The Labute approximate surface area is 326 Å². The van der Waals surface area contributed by atoms with Crippen molar-refractivity contribution >= 4 is 79.4 Å². The second kappa shape index (κ2) is 15.0. The van der Waals surface area contributed by atoms with Gasteiger partial charge in [-0.05, 0) is 111 Å². The predicted molar refractivity (Wildman–Crippen MR) is 217 cm³/mol. The highest BCUT2D eigenvalue weighted by Gasteiger charge is 2.35. The molecule has 3 heterocycles. The monoisotopic (exact) mass is 809 g/mol. The van der Waals surface area contributed by atoms with Crippen molar-refractivity contribution in [3.63, 3.8) is 0 Å². The smallest absolute Gasteiger partial charge is 0.264 e. The van der Waals surface area contributed by atoms with Gasteiger partial charge in [0.1, 0.15) is 6.61 Å². The minimum Gasteiger partial charge on any atom is -0.493 e. The molecule has 2 atom stereocenters. The van der Waals surface area contributed by atoms with Crippen LogP contribution in [-0.2, 0) is 11.4 Å². The Bertz CT molecular complexity index is 2160. The summed E-state index contributed by atoms with van der Waals surface area (Å²) < 4.78 is 12.5. The predicted octanol–water partition coefficient (Wildman–Crippen LogP) is 11.1. The van der Waals surface area contributed by atoms with E-state index in [0.717, 1.165) is 42.7 Å². The number of aliphatic imine (C=N–C) groups is 1. The molecule has 1 amide bonds. The van der Waals surface area contributed by atoms with Gasteiger partial charge in [-0.3, -0.25) is 4.79 Å². The molecule has 52 heavy (non-hydrogen) atoms. The average molecular weight is 812 g/mol. The molecular formula is C42H34BrCl2N3O3S. The molecular weight excluding hydrogens is 777 g/mol. The lowest BCUT2D eigenvalue weighted by atomic mass is 9.76. The summed E-state index contributed by atoms with van der Waals surface area (Å²) >= 11 is 17.4. The van der Waals surface area contributed by atoms with E-state index >= 15 is 0 Å². The van der Waals surface area contributed by atoms with Crippen LogP contribution in [0.5, 0.6) is 11.5 Å². The highest BCUT2D eigenvalue weighted by Crippen LogP contribution is 2.50. The quantitative estimate of drug-likeness (QED) is 0.158. The molecule has 3 aliphatic rings. The fourth-order valence-electron chi connectivity index (χ4n) is 7.41. The van der Waals surface area contributed by atoms with Gasteiger partial charge < -0.3 is 19.7 Å². The molecule has 0 radical (unpaired) electrons. The number of carbonyl (C=O) groups is 1. The molecule has 5 aromatic rings. The van der Waals surface area contributed by atoms with E-state index in [1.54, 1.807) is 19.2 Å². The van der Waals surface area contributed by atoms with Crippen LogP contribution in [0, 0.1) is 0 Å². The third-order valence-electron chi connectivity index (χ3n) is 9.82. The highest BCUT2D eigenvalue weighted by atomic mass is 79.9. The Morgan fingerprint density at radius 3 is 2.17 bits per heavy atom. The number of rotatable bonds is 8. The van der Waals surface area contributed by atoms with Crippen molar-refractivity contribution in [2.75, 3.05) is 25.1 Å². The second-order valence-corrected chi connectivity index (χ2v) is 15.7. The van der Waals surface area contributed by atoms with E-state index < -0.39 is 0 Å². The number of nitrogens with one attached hydrogen (secondary N) is 1. The van der Waals surface area contributed by atoms with E-state index in [4.69, 9.17) is 37.7 Å². The number of nitrogens with zero attached hydrogens (tertiary/aromatic N) is 2. The summed E-state index contributed by atoms with van der Waals surface area (Å²) in [6, 6.07) is 35.0. The van der Waals surface area contributed by atoms with Gasteiger partial charge >= 0.3 is 0 Å². The third-order valence-corrected chi connectivity index (χ3v) is 11.9. The molecule has 10 heteroatoms. The summed E-state index contributed by atoms with van der Waals surface area (Å²) in [4.78, 5) is 21.5. The Hall–Kier alpha value is -4.21. The van der Waals surface area contributed by atoms with E-state index in [9.17, 15) is 4.79 Å². The molecule has 6 nitrogen and oxygen atoms in total. The number of thioether (sulfide) groups is 1. The van der Waals surface area contributed by atoms with Gasteiger partial charge in [0.05, 0.1) is 22.2 Å². The summed E-state index contributed by atoms with van der Waals surface area (Å²) in [6.45, 7) is 2.28. The van der Waals surface area contributed by atoms with Crippen LogP contribution >= 0.6 is 50.9 Å². The van der Waals surface area contributed by atoms with Gasteiger partial charge in [-0.2, -0.15) is 0 Å². The Morgan fingerprint density at radius 2 is 1.56 bits per heavy atom. The first-order chi connectivity index (χ1) is 25.3. The van der Waals surface area contributed by atoms with Gasteiger partial charge in [-0.25, -0.2) is 4.99 Å². The van der Waals surface area contributed by atoms with Gasteiger partial charge in [0.2, 0.25) is 0 Å². The highest BCUT2D eigenvalue weighted by molar-refractivity contribution is 9.10. The number of carbonyl (C=O) groups excluding carboxylic acids is 1. The first-order valence-corrected chi connectivity index (χ1v) is 19.5. The van der Waals surface area contributed by atoms with Crippen molar-refractivity contribution in [2.45, 2.75) is 31.3 Å². The van der Waals surface area contributed by atoms with Crippen LogP contribution in [0.3, 0.4) is 0 Å². The number of anilines is 1. The van der Waals surface area contributed by atoms with E-state index in [-0.39, 0.29) is 24.3 Å². The molecule has 0 saturated carbocycles. The van der Waals surface area contributed by atoms with Crippen molar-refractivity contribution in [3.05, 3.63) is 156 Å². The van der Waals surface area contributed by atoms with E-state index in [1.807, 2.05) is 24.3 Å². The lowest BCUT2D eigenvalue weighted by Crippen LogP contribution is -2.37. The van der Waals surface area contributed by atoms with E-state index in [1.165, 1.54) is 39.7 Å². The van der Waals surface area contributed by atoms with Crippen molar-refractivity contribution < 1.29 is 14.3 Å². The fraction of sp³-hybridized carbons (Fsp3) is 0.190. The van der Waals surface area contributed by atoms with Crippen LogP contribution in [0.4, 0.5) is 11.4 Å². The van der Waals surface area contributed by atoms with Gasteiger partial charge in [0, 0.05) is 46.2 Å². The Kier molecular flexibility index (Phi) is 10.1. The maximum Gasteiger partial charge on any atom is 0.264 e. The first-order valence-electron chi connectivity index (χ1n) is 17.1. The molecule has 1 fully saturated rings. The molecule has 5 aromatic carbocycles. The van der Waals surface area contributed by atoms with E-state index in [0.29, 0.717) is 36.1 Å². The third kappa shape index (κ3) is 7.09. The summed E-state index contributed by atoms with van der Waals surface area (Å²) in [5, 5.41) is 4.64. The molecule has 8 rings (SSSR count). The van der Waals surface area contributed by atoms with Gasteiger partial charge in [-0.1, -0.05) is 89.9 Å². The van der Waals surface area contributed by atoms with Crippen LogP contribution in [0.15, 0.2) is 117 Å². The number of amides is 1. The molecule has 3 aliphatic heterocycles. The largest absolute Gasteiger partial charge is 0.493 e. The average Bonchev–Trinajstić information content (AvgIpc) is 3.49. The summed E-state index contributed by atoms with van der Waals surface area (Å²) in [5.41, 5.74) is 8.99. The molecule has 1 saturated heterocycles. The number of hydrogen-bond acceptors (Lipinski definition) is 6. The number of halogens is 3. The number of amidine groups is 1. The zero-order chi connectivity index (χ0) is 35.8. The van der Waals surface area contributed by atoms with Crippen molar-refractivity contribution in [1.29, 1.82) is 0 Å². The summed E-state index contributed by atoms with van der Waals surface area (Å²) in [6.07, 6.45) is 3.92. The van der Waals surface area contributed by atoms with Crippen molar-refractivity contribution in [2.24, 2.45) is 4.99 Å². The zero-order valence-electron chi connectivity index (χ0n) is 28.2. The Morgan fingerprint density at radius 1 is 0.904 bits per heavy atom. The first kappa shape index (κ1) is 34.9. The van der Waals surface area contributed by atoms with Crippen LogP contribution in [0.2, 0.25) is 10.0 Å². The zero-order valence-corrected chi connectivity index (χ0v) is 32.2. The summed E-state index contributed by atoms with van der Waals surface area (Å²) in [7, 11) is 1.58. The molecule has 0 aromatic heterocycles. The molecule has 0 spiro atoms. The van der Waals surface area contributed by atoms with Gasteiger partial charge in [0.25, 0.3) is 5.91 Å². The lowest BCUT2D eigenvalue weighted by molar-refractivity contribution is -0.115. The maximum atomic E-state index is 13.3. The Balaban J connectivity index is 1.10.